The summed E-state index contributed by atoms with van der Waals surface area (Å²) >= 11 is 1.56. The zero-order chi connectivity index (χ0) is 12.3. The van der Waals surface area contributed by atoms with Gasteiger partial charge >= 0.3 is 6.43 Å². The molecule has 1 aliphatic heterocycles. The fraction of sp³-hybridized carbons (Fsp3) is 0.600. The Morgan fingerprint density at radius 3 is 2.76 bits per heavy atom. The van der Waals surface area contributed by atoms with Crippen LogP contribution < -0.4 is 10.2 Å². The van der Waals surface area contributed by atoms with Crippen molar-refractivity contribution >= 4 is 22.4 Å². The number of carbonyl (C=O) groups excluding carboxylic acids is 1. The first-order valence-electron chi connectivity index (χ1n) is 5.40. The van der Waals surface area contributed by atoms with E-state index >= 15 is 0 Å². The van der Waals surface area contributed by atoms with E-state index in [-0.39, 0.29) is 6.04 Å². The Morgan fingerprint density at radius 2 is 2.24 bits per heavy atom. The van der Waals surface area contributed by atoms with E-state index in [9.17, 15) is 13.6 Å². The minimum absolute atomic E-state index is 0.146. The SMILES string of the molecule is O=C(NC1CCN(c2nccs2)CC1)C(F)F. The Hall–Kier alpha value is -1.24. The molecular weight excluding hydrogens is 248 g/mol. The summed E-state index contributed by atoms with van der Waals surface area (Å²) in [4.78, 5) is 17.1. The molecule has 0 unspecified atom stereocenters. The third kappa shape index (κ3) is 3.12. The summed E-state index contributed by atoms with van der Waals surface area (Å²) in [6, 6.07) is -0.146. The van der Waals surface area contributed by atoms with Gasteiger partial charge in [-0.2, -0.15) is 8.78 Å². The molecule has 0 saturated carbocycles. The van der Waals surface area contributed by atoms with E-state index in [0.717, 1.165) is 18.2 Å². The molecule has 1 aromatic rings. The lowest BCUT2D eigenvalue weighted by Crippen LogP contribution is -2.46. The molecule has 0 aliphatic carbocycles. The van der Waals surface area contributed by atoms with Crippen LogP contribution in [0.2, 0.25) is 0 Å². The van der Waals surface area contributed by atoms with Gasteiger partial charge in [0, 0.05) is 30.7 Å². The summed E-state index contributed by atoms with van der Waals surface area (Å²) in [5, 5.41) is 5.20. The van der Waals surface area contributed by atoms with E-state index in [0.29, 0.717) is 12.8 Å². The maximum atomic E-state index is 12.1. The predicted molar refractivity (Wildman–Crippen MR) is 61.5 cm³/mol. The molecule has 4 nitrogen and oxygen atoms in total. The van der Waals surface area contributed by atoms with Gasteiger partial charge in [0.25, 0.3) is 5.91 Å². The van der Waals surface area contributed by atoms with Crippen molar-refractivity contribution in [3.63, 3.8) is 0 Å². The molecule has 1 N–H and O–H groups in total. The van der Waals surface area contributed by atoms with Gasteiger partial charge in [-0.3, -0.25) is 4.79 Å². The highest BCUT2D eigenvalue weighted by atomic mass is 32.1. The first kappa shape index (κ1) is 12.2. The van der Waals surface area contributed by atoms with Crippen LogP contribution in [0.25, 0.3) is 0 Å². The third-order valence-electron chi connectivity index (χ3n) is 2.73. The lowest BCUT2D eigenvalue weighted by atomic mass is 10.1. The number of nitrogens with zero attached hydrogens (tertiary/aromatic N) is 2. The van der Waals surface area contributed by atoms with Crippen molar-refractivity contribution in [2.24, 2.45) is 0 Å². The Balaban J connectivity index is 1.80. The highest BCUT2D eigenvalue weighted by Gasteiger charge is 2.24. The molecule has 0 spiro atoms. The van der Waals surface area contributed by atoms with Crippen molar-refractivity contribution in [2.45, 2.75) is 25.3 Å². The largest absolute Gasteiger partial charge is 0.348 e. The second-order valence-electron chi connectivity index (χ2n) is 3.89. The second kappa shape index (κ2) is 5.39. The number of piperidine rings is 1. The summed E-state index contributed by atoms with van der Waals surface area (Å²) in [5.41, 5.74) is 0. The van der Waals surface area contributed by atoms with Crippen LogP contribution in [0, 0.1) is 0 Å². The van der Waals surface area contributed by atoms with Gasteiger partial charge < -0.3 is 10.2 Å². The van der Waals surface area contributed by atoms with E-state index in [1.807, 2.05) is 5.38 Å². The number of thiazole rings is 1. The number of rotatable bonds is 3. The molecule has 1 amide bonds. The molecule has 1 aromatic heterocycles. The normalized spacial score (nSPS) is 17.5. The number of aromatic nitrogens is 1. The Labute approximate surface area is 102 Å². The molecule has 17 heavy (non-hydrogen) atoms. The molecule has 0 atom stereocenters. The molecule has 1 aliphatic rings. The molecule has 1 saturated heterocycles. The van der Waals surface area contributed by atoms with Gasteiger partial charge in [-0.1, -0.05) is 0 Å². The minimum atomic E-state index is -2.92. The van der Waals surface area contributed by atoms with Crippen molar-refractivity contribution in [1.82, 2.24) is 10.3 Å². The van der Waals surface area contributed by atoms with Crippen molar-refractivity contribution in [3.05, 3.63) is 11.6 Å². The average molecular weight is 261 g/mol. The van der Waals surface area contributed by atoms with Crippen LogP contribution >= 0.6 is 11.3 Å². The van der Waals surface area contributed by atoms with Gasteiger partial charge in [0.05, 0.1) is 0 Å². The van der Waals surface area contributed by atoms with Crippen LogP contribution in [0.3, 0.4) is 0 Å². The van der Waals surface area contributed by atoms with E-state index in [2.05, 4.69) is 15.2 Å². The summed E-state index contributed by atoms with van der Waals surface area (Å²) in [7, 11) is 0. The molecule has 7 heteroatoms. The summed E-state index contributed by atoms with van der Waals surface area (Å²) in [5.74, 6) is -1.17. The second-order valence-corrected chi connectivity index (χ2v) is 4.76. The van der Waals surface area contributed by atoms with Crippen LogP contribution in [0.15, 0.2) is 11.6 Å². The summed E-state index contributed by atoms with van der Waals surface area (Å²) < 4.78 is 24.1. The Kier molecular flexibility index (Phi) is 3.88. The van der Waals surface area contributed by atoms with Crippen LogP contribution in [-0.4, -0.2) is 36.4 Å². The van der Waals surface area contributed by atoms with Gasteiger partial charge in [-0.25, -0.2) is 4.98 Å². The fourth-order valence-corrected chi connectivity index (χ4v) is 2.55. The van der Waals surface area contributed by atoms with Gasteiger partial charge in [-0.05, 0) is 12.8 Å². The van der Waals surface area contributed by atoms with Crippen LogP contribution in [-0.2, 0) is 4.79 Å². The van der Waals surface area contributed by atoms with Crippen molar-refractivity contribution in [3.8, 4) is 0 Å². The zero-order valence-electron chi connectivity index (χ0n) is 9.10. The number of alkyl halides is 2. The van der Waals surface area contributed by atoms with Gasteiger partial charge in [0.2, 0.25) is 0 Å². The number of halogens is 2. The smallest absolute Gasteiger partial charge is 0.315 e. The monoisotopic (exact) mass is 261 g/mol. The number of carbonyl (C=O) groups is 1. The third-order valence-corrected chi connectivity index (χ3v) is 3.56. The Morgan fingerprint density at radius 1 is 1.53 bits per heavy atom. The first-order valence-corrected chi connectivity index (χ1v) is 6.28. The topological polar surface area (TPSA) is 45.2 Å². The van der Waals surface area contributed by atoms with Gasteiger partial charge in [0.15, 0.2) is 5.13 Å². The minimum Gasteiger partial charge on any atom is -0.348 e. The molecule has 2 heterocycles. The number of hydrogen-bond acceptors (Lipinski definition) is 4. The predicted octanol–water partition coefficient (Wildman–Crippen LogP) is 1.49. The number of anilines is 1. The number of nitrogens with one attached hydrogen (secondary N) is 1. The molecule has 1 fully saturated rings. The lowest BCUT2D eigenvalue weighted by molar-refractivity contribution is -0.132. The maximum absolute atomic E-state index is 12.1. The van der Waals surface area contributed by atoms with E-state index in [1.165, 1.54) is 0 Å². The Bertz CT molecular complexity index is 364. The summed E-state index contributed by atoms with van der Waals surface area (Å²) in [6.45, 7) is 1.48. The molecule has 0 radical (unpaired) electrons. The van der Waals surface area contributed by atoms with Gasteiger partial charge in [-0.15, -0.1) is 11.3 Å². The molecular formula is C10H13F2N3OS. The van der Waals surface area contributed by atoms with E-state index in [1.54, 1.807) is 17.5 Å². The first-order chi connectivity index (χ1) is 8.16. The molecule has 0 bridgehead atoms. The number of hydrogen-bond donors (Lipinski definition) is 1. The lowest BCUT2D eigenvalue weighted by Gasteiger charge is -2.32. The molecule has 2 rings (SSSR count). The highest BCUT2D eigenvalue weighted by Crippen LogP contribution is 2.21. The standard InChI is InChI=1S/C10H13F2N3OS/c11-8(12)9(16)14-7-1-4-15(5-2-7)10-13-3-6-17-10/h3,6-8H,1-2,4-5H2,(H,14,16). The van der Waals surface area contributed by atoms with E-state index in [4.69, 9.17) is 0 Å². The van der Waals surface area contributed by atoms with Crippen molar-refractivity contribution < 1.29 is 13.6 Å². The van der Waals surface area contributed by atoms with Crippen molar-refractivity contribution in [2.75, 3.05) is 18.0 Å². The zero-order valence-corrected chi connectivity index (χ0v) is 9.92. The van der Waals surface area contributed by atoms with Crippen LogP contribution in [0.4, 0.5) is 13.9 Å². The quantitative estimate of drug-likeness (QED) is 0.896. The van der Waals surface area contributed by atoms with Crippen molar-refractivity contribution in [1.29, 1.82) is 0 Å². The van der Waals surface area contributed by atoms with Gasteiger partial charge in [0.1, 0.15) is 0 Å². The summed E-state index contributed by atoms with van der Waals surface area (Å²) in [6.07, 6.45) is 0.174. The molecule has 0 aromatic carbocycles. The maximum Gasteiger partial charge on any atom is 0.315 e. The molecule has 94 valence electrons. The average Bonchev–Trinajstić information content (AvgIpc) is 2.83. The number of amides is 1. The van der Waals surface area contributed by atoms with Crippen LogP contribution in [0.1, 0.15) is 12.8 Å². The highest BCUT2D eigenvalue weighted by molar-refractivity contribution is 7.13. The fourth-order valence-electron chi connectivity index (χ4n) is 1.85. The van der Waals surface area contributed by atoms with E-state index < -0.39 is 12.3 Å². The van der Waals surface area contributed by atoms with Crippen LogP contribution in [0.5, 0.6) is 0 Å².